The highest BCUT2D eigenvalue weighted by Crippen LogP contribution is 2.42. The Kier molecular flexibility index (Phi) is 8.90. The zero-order valence-electron chi connectivity index (χ0n) is 20.6. The lowest BCUT2D eigenvalue weighted by atomic mass is 9.82. The molecule has 0 amide bonds. The number of carbonyl (C=O) groups excluding carboxylic acids is 1. The number of hydrogen-bond acceptors (Lipinski definition) is 8. The van der Waals surface area contributed by atoms with Crippen molar-refractivity contribution >= 4 is 11.7 Å². The average molecular weight is 456 g/mol. The summed E-state index contributed by atoms with van der Waals surface area (Å²) in [4.78, 5) is 18.5. The second-order valence-electron chi connectivity index (χ2n) is 9.71. The van der Waals surface area contributed by atoms with Gasteiger partial charge in [0.2, 0.25) is 0 Å². The van der Waals surface area contributed by atoms with Crippen molar-refractivity contribution in [2.45, 2.75) is 96.7 Å². The lowest BCUT2D eigenvalue weighted by Gasteiger charge is -2.34. The van der Waals surface area contributed by atoms with Crippen LogP contribution in [0.25, 0.3) is 0 Å². The van der Waals surface area contributed by atoms with E-state index in [9.17, 15) is 15.0 Å². The molecule has 2 rings (SSSR count). The smallest absolute Gasteiger partial charge is 0.315 e. The molecule has 2 aliphatic rings. The molecular formula is C24H41NO7. The van der Waals surface area contributed by atoms with Crippen molar-refractivity contribution in [1.29, 1.82) is 0 Å². The van der Waals surface area contributed by atoms with E-state index in [0.717, 1.165) is 12.0 Å². The quantitative estimate of drug-likeness (QED) is 0.283. The Balaban J connectivity index is 2.53. The van der Waals surface area contributed by atoms with Gasteiger partial charge >= 0.3 is 5.97 Å². The van der Waals surface area contributed by atoms with E-state index in [4.69, 9.17) is 19.0 Å². The van der Waals surface area contributed by atoms with Gasteiger partial charge in [-0.25, -0.2) is 0 Å². The number of cyclic esters (lactones) is 1. The van der Waals surface area contributed by atoms with Crippen LogP contribution in [0.4, 0.5) is 0 Å². The minimum absolute atomic E-state index is 0.0662. The Morgan fingerprint density at radius 2 is 1.97 bits per heavy atom. The topological polar surface area (TPSA) is 107 Å². The first-order valence-electron chi connectivity index (χ1n) is 11.6. The number of nitrogens with zero attached hydrogens (tertiary/aromatic N) is 1. The number of rotatable bonds is 5. The third-order valence-electron chi connectivity index (χ3n) is 6.36. The van der Waals surface area contributed by atoms with Crippen LogP contribution in [0, 0.1) is 11.8 Å². The van der Waals surface area contributed by atoms with Crippen LogP contribution in [0.2, 0.25) is 0 Å². The lowest BCUT2D eigenvalue weighted by Crippen LogP contribution is -2.49. The van der Waals surface area contributed by atoms with Crippen molar-refractivity contribution < 1.29 is 34.1 Å². The number of esters is 1. The van der Waals surface area contributed by atoms with Crippen molar-refractivity contribution in [3.05, 3.63) is 11.6 Å². The van der Waals surface area contributed by atoms with Crippen LogP contribution in [0.1, 0.15) is 73.6 Å². The molecule has 0 aromatic carbocycles. The molecule has 2 bridgehead atoms. The Labute approximate surface area is 191 Å². The fraction of sp³-hybridized carbons (Fsp3) is 0.833. The highest BCUT2D eigenvalue weighted by molar-refractivity contribution is 6.06. The van der Waals surface area contributed by atoms with E-state index in [1.807, 2.05) is 20.8 Å². The van der Waals surface area contributed by atoms with Gasteiger partial charge in [0.15, 0.2) is 5.79 Å². The third-order valence-corrected chi connectivity index (χ3v) is 6.36. The molecule has 4 unspecified atom stereocenters. The summed E-state index contributed by atoms with van der Waals surface area (Å²) < 4.78 is 17.5. The molecule has 2 N–H and O–H groups in total. The summed E-state index contributed by atoms with van der Waals surface area (Å²) >= 11 is 0. The van der Waals surface area contributed by atoms with Crippen molar-refractivity contribution in [3.8, 4) is 0 Å². The highest BCUT2D eigenvalue weighted by atomic mass is 16.7. The SMILES string of the molecule is CCCO/N=C1/[C@@H](C)C(=O)O[C@@H](CC)C(C)(O)/C=C(\C)CC(C)CC2(OC)CC1(O)CO2. The summed E-state index contributed by atoms with van der Waals surface area (Å²) in [6.07, 6.45) is 3.57. The molecule has 184 valence electrons. The molecule has 8 nitrogen and oxygen atoms in total. The van der Waals surface area contributed by atoms with Crippen LogP contribution in [0.3, 0.4) is 0 Å². The molecule has 2 heterocycles. The number of allylic oxidation sites excluding steroid dienone is 1. The summed E-state index contributed by atoms with van der Waals surface area (Å²) in [6.45, 7) is 11.4. The third kappa shape index (κ3) is 6.10. The van der Waals surface area contributed by atoms with E-state index >= 15 is 0 Å². The van der Waals surface area contributed by atoms with Gasteiger partial charge in [0.05, 0.1) is 12.5 Å². The minimum atomic E-state index is -1.54. The number of oxime groups is 1. The highest BCUT2D eigenvalue weighted by Gasteiger charge is 2.55. The molecular weight excluding hydrogens is 414 g/mol. The molecule has 1 saturated heterocycles. The van der Waals surface area contributed by atoms with Gasteiger partial charge in [0.25, 0.3) is 0 Å². The second kappa shape index (κ2) is 10.6. The van der Waals surface area contributed by atoms with Gasteiger partial charge in [0, 0.05) is 20.0 Å². The number of carbonyl (C=O) groups is 1. The van der Waals surface area contributed by atoms with Gasteiger partial charge in [-0.1, -0.05) is 37.6 Å². The summed E-state index contributed by atoms with van der Waals surface area (Å²) in [5.41, 5.74) is -1.74. The number of fused-ring (bicyclic) bond motifs is 2. The summed E-state index contributed by atoms with van der Waals surface area (Å²) in [5.74, 6) is -2.34. The van der Waals surface area contributed by atoms with Gasteiger partial charge < -0.3 is 29.3 Å². The molecule has 6 atom stereocenters. The van der Waals surface area contributed by atoms with Crippen molar-refractivity contribution in [2.24, 2.45) is 17.0 Å². The fourth-order valence-electron chi connectivity index (χ4n) is 4.86. The zero-order chi connectivity index (χ0) is 24.2. The summed E-state index contributed by atoms with van der Waals surface area (Å²) in [5, 5.41) is 26.8. The van der Waals surface area contributed by atoms with E-state index in [2.05, 4.69) is 12.1 Å². The van der Waals surface area contributed by atoms with Crippen molar-refractivity contribution in [2.75, 3.05) is 20.3 Å². The number of ether oxygens (including phenoxy) is 3. The maximum Gasteiger partial charge on any atom is 0.315 e. The summed E-state index contributed by atoms with van der Waals surface area (Å²) in [6, 6.07) is 0. The number of aliphatic hydroxyl groups is 2. The average Bonchev–Trinajstić information content (AvgIpc) is 3.04. The van der Waals surface area contributed by atoms with E-state index < -0.39 is 35.0 Å². The lowest BCUT2D eigenvalue weighted by molar-refractivity contribution is -0.203. The van der Waals surface area contributed by atoms with Crippen LogP contribution < -0.4 is 0 Å². The molecule has 0 radical (unpaired) electrons. The predicted molar refractivity (Wildman–Crippen MR) is 121 cm³/mol. The van der Waals surface area contributed by atoms with E-state index in [0.29, 0.717) is 25.9 Å². The van der Waals surface area contributed by atoms with Crippen LogP contribution >= 0.6 is 0 Å². The van der Waals surface area contributed by atoms with Crippen LogP contribution in [0.15, 0.2) is 16.8 Å². The Hall–Kier alpha value is -1.48. The monoisotopic (exact) mass is 455 g/mol. The van der Waals surface area contributed by atoms with Crippen LogP contribution in [0.5, 0.6) is 0 Å². The van der Waals surface area contributed by atoms with E-state index in [1.54, 1.807) is 27.0 Å². The Morgan fingerprint density at radius 3 is 2.56 bits per heavy atom. The second-order valence-corrected chi connectivity index (χ2v) is 9.71. The first-order valence-corrected chi connectivity index (χ1v) is 11.6. The molecule has 1 fully saturated rings. The minimum Gasteiger partial charge on any atom is -0.458 e. The maximum atomic E-state index is 13.1. The van der Waals surface area contributed by atoms with Gasteiger partial charge in [-0.15, -0.1) is 0 Å². The molecule has 0 spiro atoms. The largest absolute Gasteiger partial charge is 0.458 e. The van der Waals surface area contributed by atoms with E-state index in [-0.39, 0.29) is 24.7 Å². The number of methoxy groups -OCH3 is 1. The molecule has 32 heavy (non-hydrogen) atoms. The van der Waals surface area contributed by atoms with Crippen molar-refractivity contribution in [1.82, 2.24) is 0 Å². The molecule has 0 saturated carbocycles. The Bertz CT molecular complexity index is 719. The normalized spacial score (nSPS) is 42.2. The molecule has 0 aliphatic carbocycles. The van der Waals surface area contributed by atoms with Gasteiger partial charge in [-0.05, 0) is 46.0 Å². The van der Waals surface area contributed by atoms with Gasteiger partial charge in [0.1, 0.15) is 29.6 Å². The van der Waals surface area contributed by atoms with Crippen LogP contribution in [-0.4, -0.2) is 65.3 Å². The van der Waals surface area contributed by atoms with Crippen LogP contribution in [-0.2, 0) is 23.8 Å². The van der Waals surface area contributed by atoms with Crippen molar-refractivity contribution in [3.63, 3.8) is 0 Å². The van der Waals surface area contributed by atoms with E-state index in [1.165, 1.54) is 0 Å². The molecule has 8 heteroatoms. The first-order chi connectivity index (χ1) is 14.9. The fourth-order valence-corrected chi connectivity index (χ4v) is 4.86. The number of hydrogen-bond donors (Lipinski definition) is 2. The first kappa shape index (κ1) is 26.8. The molecule has 2 aliphatic heterocycles. The van der Waals surface area contributed by atoms with Gasteiger partial charge in [-0.2, -0.15) is 0 Å². The predicted octanol–water partition coefficient (Wildman–Crippen LogP) is 3.35. The molecule has 0 aromatic heterocycles. The zero-order valence-corrected chi connectivity index (χ0v) is 20.6. The summed E-state index contributed by atoms with van der Waals surface area (Å²) in [7, 11) is 1.56. The maximum absolute atomic E-state index is 13.1. The molecule has 0 aromatic rings. The standard InChI is InChI=1S/C24H41NO7/c1-8-10-31-25-20-18(5)21(26)32-19(9-2)22(6,27)12-16(3)11-17(4)13-24(29-7)14-23(20,28)15-30-24/h12,17-19,27-28H,8-11,13-15H2,1-7H3/b16-12+,25-20-/t17?,18-,19+,22?,23?,24?/m1/s1. The Morgan fingerprint density at radius 1 is 1.28 bits per heavy atom. The van der Waals surface area contributed by atoms with Gasteiger partial charge in [-0.3, -0.25) is 4.79 Å².